The zero-order chi connectivity index (χ0) is 17.6. The van der Waals surface area contributed by atoms with Crippen molar-refractivity contribution >= 4 is 17.5 Å². The third kappa shape index (κ3) is 3.96. The first-order valence-corrected chi connectivity index (χ1v) is 7.95. The molecule has 0 saturated carbocycles. The van der Waals surface area contributed by atoms with Crippen LogP contribution in [-0.2, 0) is 9.59 Å². The monoisotopic (exact) mass is 335 g/mol. The maximum atomic E-state index is 12.0. The molecule has 1 aliphatic rings. The number of carbonyl (C=O) groups is 2. The number of anilines is 1. The Morgan fingerprint density at radius 1 is 1.24 bits per heavy atom. The third-order valence-corrected chi connectivity index (χ3v) is 4.02. The van der Waals surface area contributed by atoms with Gasteiger partial charge in [-0.05, 0) is 23.8 Å². The number of hydrogen-bond acceptors (Lipinski definition) is 4. The second kappa shape index (κ2) is 7.49. The minimum atomic E-state index is -0.295. The van der Waals surface area contributed by atoms with Gasteiger partial charge in [0.1, 0.15) is 11.8 Å². The van der Waals surface area contributed by atoms with Gasteiger partial charge in [0.05, 0.1) is 5.56 Å². The number of carbonyl (C=O) groups excluding carboxylic acids is 2. The number of nitriles is 1. The number of benzene rings is 2. The Hall–Kier alpha value is -3.33. The van der Waals surface area contributed by atoms with Gasteiger partial charge in [-0.2, -0.15) is 5.26 Å². The normalized spacial score (nSPS) is 15.5. The van der Waals surface area contributed by atoms with Gasteiger partial charge in [-0.3, -0.25) is 9.59 Å². The van der Waals surface area contributed by atoms with Crippen LogP contribution in [0.4, 0.5) is 5.69 Å². The molecule has 1 atom stereocenters. The van der Waals surface area contributed by atoms with Crippen molar-refractivity contribution in [1.29, 1.82) is 5.26 Å². The molecule has 2 aromatic rings. The zero-order valence-corrected chi connectivity index (χ0v) is 13.5. The molecule has 3 rings (SSSR count). The van der Waals surface area contributed by atoms with Crippen LogP contribution >= 0.6 is 0 Å². The summed E-state index contributed by atoms with van der Waals surface area (Å²) in [5.41, 5.74) is 2.18. The van der Waals surface area contributed by atoms with E-state index in [1.165, 1.54) is 0 Å². The van der Waals surface area contributed by atoms with Crippen LogP contribution in [0.1, 0.15) is 23.5 Å². The second-order valence-corrected chi connectivity index (χ2v) is 5.74. The number of fused-ring (bicyclic) bond motifs is 1. The number of rotatable bonds is 5. The standard InChI is InChI=1S/C19H17N3O3/c20-10-13-5-1-4-8-17(13)25-12-19(24)21-11-14-9-18(23)22-16-7-3-2-6-15(14)16/h1-8,14H,9,11-12H2,(H,21,24)(H,22,23). The van der Waals surface area contributed by atoms with Gasteiger partial charge in [0.15, 0.2) is 6.61 Å². The van der Waals surface area contributed by atoms with Crippen LogP contribution in [0.5, 0.6) is 5.75 Å². The lowest BCUT2D eigenvalue weighted by molar-refractivity contribution is -0.123. The highest BCUT2D eigenvalue weighted by molar-refractivity contribution is 5.94. The molecule has 2 aromatic carbocycles. The summed E-state index contributed by atoms with van der Waals surface area (Å²) in [7, 11) is 0. The van der Waals surface area contributed by atoms with E-state index in [-0.39, 0.29) is 24.3 Å². The van der Waals surface area contributed by atoms with Crippen LogP contribution in [0.25, 0.3) is 0 Å². The molecular weight excluding hydrogens is 318 g/mol. The predicted octanol–water partition coefficient (Wildman–Crippen LogP) is 2.18. The van der Waals surface area contributed by atoms with Gasteiger partial charge in [-0.15, -0.1) is 0 Å². The molecule has 6 heteroatoms. The number of amides is 2. The van der Waals surface area contributed by atoms with Crippen molar-refractivity contribution in [3.8, 4) is 11.8 Å². The van der Waals surface area contributed by atoms with E-state index in [9.17, 15) is 9.59 Å². The molecule has 0 aromatic heterocycles. The molecule has 1 unspecified atom stereocenters. The van der Waals surface area contributed by atoms with Gasteiger partial charge in [0.25, 0.3) is 5.91 Å². The van der Waals surface area contributed by atoms with Crippen LogP contribution < -0.4 is 15.4 Å². The highest BCUT2D eigenvalue weighted by Gasteiger charge is 2.25. The molecule has 2 amide bonds. The number of nitrogens with zero attached hydrogens (tertiary/aromatic N) is 1. The largest absolute Gasteiger partial charge is 0.482 e. The molecular formula is C19H17N3O3. The van der Waals surface area contributed by atoms with Crippen LogP contribution in [0, 0.1) is 11.3 Å². The summed E-state index contributed by atoms with van der Waals surface area (Å²) in [6.07, 6.45) is 0.329. The molecule has 0 aliphatic carbocycles. The lowest BCUT2D eigenvalue weighted by Crippen LogP contribution is -2.35. The van der Waals surface area contributed by atoms with E-state index in [1.807, 2.05) is 30.3 Å². The minimum absolute atomic E-state index is 0.0582. The molecule has 0 spiro atoms. The number of para-hydroxylation sites is 2. The first-order chi connectivity index (χ1) is 12.2. The Morgan fingerprint density at radius 2 is 2.00 bits per heavy atom. The van der Waals surface area contributed by atoms with Crippen molar-refractivity contribution in [1.82, 2.24) is 5.32 Å². The van der Waals surface area contributed by atoms with E-state index in [2.05, 4.69) is 10.6 Å². The van der Waals surface area contributed by atoms with Crippen molar-refractivity contribution < 1.29 is 14.3 Å². The van der Waals surface area contributed by atoms with Crippen LogP contribution in [0.3, 0.4) is 0 Å². The average molecular weight is 335 g/mol. The first-order valence-electron chi connectivity index (χ1n) is 7.95. The highest BCUT2D eigenvalue weighted by Crippen LogP contribution is 2.31. The lowest BCUT2D eigenvalue weighted by Gasteiger charge is -2.25. The number of ether oxygens (including phenoxy) is 1. The Balaban J connectivity index is 1.56. The Labute approximate surface area is 145 Å². The van der Waals surface area contributed by atoms with Crippen LogP contribution in [-0.4, -0.2) is 25.0 Å². The van der Waals surface area contributed by atoms with Crippen molar-refractivity contribution in [2.45, 2.75) is 12.3 Å². The van der Waals surface area contributed by atoms with Crippen molar-refractivity contribution in [3.63, 3.8) is 0 Å². The summed E-state index contributed by atoms with van der Waals surface area (Å²) in [6.45, 7) is 0.172. The summed E-state index contributed by atoms with van der Waals surface area (Å²) in [5, 5.41) is 14.6. The van der Waals surface area contributed by atoms with Gasteiger partial charge >= 0.3 is 0 Å². The topological polar surface area (TPSA) is 91.2 Å². The molecule has 0 radical (unpaired) electrons. The van der Waals surface area contributed by atoms with E-state index in [4.69, 9.17) is 10.00 Å². The smallest absolute Gasteiger partial charge is 0.257 e. The molecule has 6 nitrogen and oxygen atoms in total. The van der Waals surface area contributed by atoms with Gasteiger partial charge in [-0.1, -0.05) is 30.3 Å². The average Bonchev–Trinajstić information content (AvgIpc) is 2.64. The summed E-state index contributed by atoms with van der Waals surface area (Å²) >= 11 is 0. The molecule has 1 aliphatic heterocycles. The SMILES string of the molecule is N#Cc1ccccc1OCC(=O)NCC1CC(=O)Nc2ccccc21. The zero-order valence-electron chi connectivity index (χ0n) is 13.5. The summed E-state index contributed by atoms with van der Waals surface area (Å²) in [5.74, 6) is -0.0452. The lowest BCUT2D eigenvalue weighted by atomic mass is 9.90. The van der Waals surface area contributed by atoms with Gasteiger partial charge < -0.3 is 15.4 Å². The quantitative estimate of drug-likeness (QED) is 0.876. The fourth-order valence-corrected chi connectivity index (χ4v) is 2.80. The third-order valence-electron chi connectivity index (χ3n) is 4.02. The first kappa shape index (κ1) is 16.5. The Kier molecular flexibility index (Phi) is 4.95. The Bertz CT molecular complexity index is 842. The fraction of sp³-hybridized carbons (Fsp3) is 0.211. The highest BCUT2D eigenvalue weighted by atomic mass is 16.5. The van der Waals surface area contributed by atoms with Gasteiger partial charge in [-0.25, -0.2) is 0 Å². The van der Waals surface area contributed by atoms with E-state index in [0.717, 1.165) is 11.3 Å². The van der Waals surface area contributed by atoms with Gasteiger partial charge in [0, 0.05) is 24.6 Å². The van der Waals surface area contributed by atoms with Crippen molar-refractivity contribution in [2.75, 3.05) is 18.5 Å². The Morgan fingerprint density at radius 3 is 2.84 bits per heavy atom. The fourth-order valence-electron chi connectivity index (χ4n) is 2.80. The van der Waals surface area contributed by atoms with E-state index in [0.29, 0.717) is 24.3 Å². The predicted molar refractivity (Wildman–Crippen MR) is 92.1 cm³/mol. The molecule has 25 heavy (non-hydrogen) atoms. The minimum Gasteiger partial charge on any atom is -0.482 e. The number of nitrogens with one attached hydrogen (secondary N) is 2. The molecule has 1 heterocycles. The van der Waals surface area contributed by atoms with Crippen molar-refractivity contribution in [3.05, 3.63) is 59.7 Å². The van der Waals surface area contributed by atoms with Crippen molar-refractivity contribution in [2.24, 2.45) is 0 Å². The molecule has 0 bridgehead atoms. The van der Waals surface area contributed by atoms with Crippen LogP contribution in [0.15, 0.2) is 48.5 Å². The summed E-state index contributed by atoms with van der Waals surface area (Å²) < 4.78 is 5.41. The maximum Gasteiger partial charge on any atom is 0.257 e. The molecule has 2 N–H and O–H groups in total. The number of hydrogen-bond donors (Lipinski definition) is 2. The maximum absolute atomic E-state index is 12.0. The second-order valence-electron chi connectivity index (χ2n) is 5.74. The molecule has 0 saturated heterocycles. The molecule has 0 fully saturated rings. The summed E-state index contributed by atoms with van der Waals surface area (Å²) in [4.78, 5) is 23.8. The van der Waals surface area contributed by atoms with E-state index < -0.39 is 0 Å². The van der Waals surface area contributed by atoms with Crippen LogP contribution in [0.2, 0.25) is 0 Å². The van der Waals surface area contributed by atoms with E-state index in [1.54, 1.807) is 24.3 Å². The summed E-state index contributed by atoms with van der Waals surface area (Å²) in [6, 6.07) is 16.3. The van der Waals surface area contributed by atoms with E-state index >= 15 is 0 Å². The van der Waals surface area contributed by atoms with Gasteiger partial charge in [0.2, 0.25) is 5.91 Å². The molecule has 126 valence electrons.